The summed E-state index contributed by atoms with van der Waals surface area (Å²) in [5, 5.41) is 3.13. The van der Waals surface area contributed by atoms with Crippen molar-refractivity contribution < 1.29 is 23.9 Å². The SMILES string of the molecule is COC(=O)[C@@H]1CCCN1C(=O)C1CCCCN1C[C@H](C(C)C)N(C)C(=O)C(NC(=O)[C@H]1CCCCN1C)C(C)(C)C. The molecule has 0 aliphatic carbocycles. The topological polar surface area (TPSA) is 102 Å². The first-order valence-electron chi connectivity index (χ1n) is 15.7. The van der Waals surface area contributed by atoms with Crippen LogP contribution in [-0.2, 0) is 23.9 Å². The van der Waals surface area contributed by atoms with Crippen LogP contribution in [0.4, 0.5) is 0 Å². The third-order valence-corrected chi connectivity index (χ3v) is 9.42. The van der Waals surface area contributed by atoms with Crippen molar-refractivity contribution in [3.63, 3.8) is 0 Å². The Hall–Kier alpha value is -2.20. The minimum Gasteiger partial charge on any atom is -0.467 e. The van der Waals surface area contributed by atoms with E-state index in [4.69, 9.17) is 4.74 Å². The maximum absolute atomic E-state index is 14.1. The summed E-state index contributed by atoms with van der Waals surface area (Å²) in [5.41, 5.74) is -0.474. The van der Waals surface area contributed by atoms with Gasteiger partial charge in [-0.05, 0) is 70.0 Å². The van der Waals surface area contributed by atoms with Gasteiger partial charge in [0.05, 0.1) is 19.2 Å². The first-order valence-corrected chi connectivity index (χ1v) is 15.7. The molecule has 1 N–H and O–H groups in total. The number of carbonyl (C=O) groups excluding carboxylic acids is 4. The van der Waals surface area contributed by atoms with Gasteiger partial charge in [0.15, 0.2) is 0 Å². The number of rotatable bonds is 9. The number of likely N-dealkylation sites (tertiary alicyclic amines) is 3. The molecule has 0 saturated carbocycles. The summed E-state index contributed by atoms with van der Waals surface area (Å²) in [5.74, 6) is -0.406. The second-order valence-electron chi connectivity index (χ2n) is 13.8. The molecule has 0 aromatic heterocycles. The maximum atomic E-state index is 14.1. The number of amides is 3. The quantitative estimate of drug-likeness (QED) is 0.420. The predicted octanol–water partition coefficient (Wildman–Crippen LogP) is 2.50. The van der Waals surface area contributed by atoms with Gasteiger partial charge >= 0.3 is 5.97 Å². The molecule has 0 aromatic rings. The van der Waals surface area contributed by atoms with Gasteiger partial charge in [0.25, 0.3) is 0 Å². The normalized spacial score (nSPS) is 26.0. The molecule has 3 fully saturated rings. The summed E-state index contributed by atoms with van der Waals surface area (Å²) in [6.45, 7) is 13.0. The number of piperidine rings is 2. The van der Waals surface area contributed by atoms with E-state index in [0.29, 0.717) is 19.5 Å². The number of ether oxygens (including phenoxy) is 1. The highest BCUT2D eigenvalue weighted by Gasteiger charge is 2.43. The summed E-state index contributed by atoms with van der Waals surface area (Å²) in [7, 11) is 5.18. The van der Waals surface area contributed by atoms with Crippen molar-refractivity contribution in [1.29, 1.82) is 0 Å². The maximum Gasteiger partial charge on any atom is 0.328 e. The van der Waals surface area contributed by atoms with E-state index in [9.17, 15) is 19.2 Å². The molecule has 3 saturated heterocycles. The van der Waals surface area contributed by atoms with Gasteiger partial charge in [-0.15, -0.1) is 0 Å². The second kappa shape index (κ2) is 14.3. The van der Waals surface area contributed by atoms with Gasteiger partial charge in [0.1, 0.15) is 12.1 Å². The third kappa shape index (κ3) is 8.00. The van der Waals surface area contributed by atoms with Gasteiger partial charge in [-0.3, -0.25) is 24.2 Å². The number of likely N-dealkylation sites (N-methyl/N-ethyl adjacent to an activating group) is 2. The molecule has 0 aromatic carbocycles. The summed E-state index contributed by atoms with van der Waals surface area (Å²) in [6, 6.07) is -1.86. The Morgan fingerprint density at radius 3 is 2.10 bits per heavy atom. The van der Waals surface area contributed by atoms with Crippen LogP contribution in [0.2, 0.25) is 0 Å². The number of methoxy groups -OCH3 is 1. The highest BCUT2D eigenvalue weighted by molar-refractivity contribution is 5.90. The first kappa shape index (κ1) is 33.3. The number of esters is 1. The third-order valence-electron chi connectivity index (χ3n) is 9.42. The first-order chi connectivity index (χ1) is 19.3. The summed E-state index contributed by atoms with van der Waals surface area (Å²) in [6.07, 6.45) is 7.01. The summed E-state index contributed by atoms with van der Waals surface area (Å²) < 4.78 is 4.98. The smallest absolute Gasteiger partial charge is 0.328 e. The second-order valence-corrected chi connectivity index (χ2v) is 13.8. The molecule has 234 valence electrons. The van der Waals surface area contributed by atoms with Gasteiger partial charge in [-0.1, -0.05) is 47.5 Å². The van der Waals surface area contributed by atoms with Crippen LogP contribution in [0.1, 0.15) is 86.0 Å². The fourth-order valence-corrected chi connectivity index (χ4v) is 6.77. The van der Waals surface area contributed by atoms with Gasteiger partial charge in [-0.2, -0.15) is 0 Å². The fourth-order valence-electron chi connectivity index (χ4n) is 6.77. The van der Waals surface area contributed by atoms with Crippen LogP contribution >= 0.6 is 0 Å². The molecule has 0 bridgehead atoms. The van der Waals surface area contributed by atoms with E-state index in [1.807, 2.05) is 34.9 Å². The lowest BCUT2D eigenvalue weighted by atomic mass is 9.84. The minimum atomic E-state index is -0.666. The molecule has 3 rings (SSSR count). The zero-order valence-corrected chi connectivity index (χ0v) is 26.8. The lowest BCUT2D eigenvalue weighted by Crippen LogP contribution is -2.62. The molecule has 41 heavy (non-hydrogen) atoms. The van der Waals surface area contributed by atoms with Crippen molar-refractivity contribution >= 4 is 23.7 Å². The summed E-state index contributed by atoms with van der Waals surface area (Å²) in [4.78, 5) is 61.4. The van der Waals surface area contributed by atoms with E-state index in [0.717, 1.165) is 58.0 Å². The standard InChI is InChI=1S/C31H55N5O5/c1-21(2)25(20-35-18-12-10-15-23(35)28(38)36-19-13-16-24(36)30(40)41-8)34(7)29(39)26(31(3,4)5)32-27(37)22-14-9-11-17-33(22)6/h21-26H,9-20H2,1-8H3,(H,32,37)/t22-,23?,24+,25-,26?/m1/s1. The molecule has 0 radical (unpaired) electrons. The van der Waals surface area contributed by atoms with Crippen LogP contribution in [0.3, 0.4) is 0 Å². The van der Waals surface area contributed by atoms with Crippen molar-refractivity contribution in [2.45, 2.75) is 116 Å². The number of hydrogen-bond donors (Lipinski definition) is 1. The van der Waals surface area contributed by atoms with E-state index in [-0.39, 0.29) is 47.7 Å². The highest BCUT2D eigenvalue weighted by atomic mass is 16.5. The molecule has 10 heteroatoms. The Bertz CT molecular complexity index is 934. The average Bonchev–Trinajstić information content (AvgIpc) is 3.42. The molecule has 3 aliphatic rings. The molecule has 0 spiro atoms. The van der Waals surface area contributed by atoms with Crippen molar-refractivity contribution in [3.8, 4) is 0 Å². The van der Waals surface area contributed by atoms with E-state index in [1.165, 1.54) is 7.11 Å². The molecule has 10 nitrogen and oxygen atoms in total. The van der Waals surface area contributed by atoms with Crippen LogP contribution in [0.25, 0.3) is 0 Å². The highest BCUT2D eigenvalue weighted by Crippen LogP contribution is 2.28. The van der Waals surface area contributed by atoms with Crippen molar-refractivity contribution in [2.75, 3.05) is 47.4 Å². The number of carbonyl (C=O) groups is 4. The fraction of sp³-hybridized carbons (Fsp3) is 0.871. The number of nitrogens with zero attached hydrogens (tertiary/aromatic N) is 4. The van der Waals surface area contributed by atoms with Gasteiger partial charge in [-0.25, -0.2) is 4.79 Å². The lowest BCUT2D eigenvalue weighted by Gasteiger charge is -2.44. The van der Waals surface area contributed by atoms with Gasteiger partial charge in [0.2, 0.25) is 17.7 Å². The molecular formula is C31H55N5O5. The van der Waals surface area contributed by atoms with Gasteiger partial charge in [0, 0.05) is 26.2 Å². The number of hydrogen-bond acceptors (Lipinski definition) is 7. The Labute approximate surface area is 247 Å². The average molecular weight is 578 g/mol. The minimum absolute atomic E-state index is 0.00878. The summed E-state index contributed by atoms with van der Waals surface area (Å²) >= 11 is 0. The van der Waals surface area contributed by atoms with E-state index in [1.54, 1.807) is 9.80 Å². The van der Waals surface area contributed by atoms with Gasteiger partial charge < -0.3 is 19.9 Å². The molecular weight excluding hydrogens is 522 g/mol. The van der Waals surface area contributed by atoms with Crippen LogP contribution < -0.4 is 5.32 Å². The predicted molar refractivity (Wildman–Crippen MR) is 159 cm³/mol. The van der Waals surface area contributed by atoms with Crippen LogP contribution in [0, 0.1) is 11.3 Å². The Morgan fingerprint density at radius 1 is 0.902 bits per heavy atom. The molecule has 5 atom stereocenters. The largest absolute Gasteiger partial charge is 0.467 e. The van der Waals surface area contributed by atoms with Crippen LogP contribution in [0.5, 0.6) is 0 Å². The van der Waals surface area contributed by atoms with Crippen LogP contribution in [-0.4, -0.2) is 121 Å². The zero-order chi connectivity index (χ0) is 30.5. The van der Waals surface area contributed by atoms with E-state index < -0.39 is 17.5 Å². The molecule has 3 aliphatic heterocycles. The van der Waals surface area contributed by atoms with E-state index >= 15 is 0 Å². The van der Waals surface area contributed by atoms with Crippen molar-refractivity contribution in [2.24, 2.45) is 11.3 Å². The van der Waals surface area contributed by atoms with Crippen LogP contribution in [0.15, 0.2) is 0 Å². The Morgan fingerprint density at radius 2 is 1.51 bits per heavy atom. The zero-order valence-electron chi connectivity index (χ0n) is 26.8. The Balaban J connectivity index is 1.77. The van der Waals surface area contributed by atoms with Crippen molar-refractivity contribution in [3.05, 3.63) is 0 Å². The van der Waals surface area contributed by atoms with Crippen molar-refractivity contribution in [1.82, 2.24) is 24.9 Å². The van der Waals surface area contributed by atoms with E-state index in [2.05, 4.69) is 29.0 Å². The number of nitrogens with one attached hydrogen (secondary N) is 1. The molecule has 2 unspecified atom stereocenters. The monoisotopic (exact) mass is 577 g/mol. The lowest BCUT2D eigenvalue weighted by molar-refractivity contribution is -0.153. The Kier molecular flexibility index (Phi) is 11.6. The molecule has 3 amide bonds. The molecule has 3 heterocycles.